The van der Waals surface area contributed by atoms with Gasteiger partial charge in [0.05, 0.1) is 17.8 Å². The van der Waals surface area contributed by atoms with Crippen molar-refractivity contribution in [3.63, 3.8) is 0 Å². The SMILES string of the molecule is N=C1CN(C2CN3CCC2CC3)C(=O)c2cccc(N)c21. The molecule has 3 N–H and O–H groups in total. The highest BCUT2D eigenvalue weighted by Gasteiger charge is 2.42. The van der Waals surface area contributed by atoms with Gasteiger partial charge >= 0.3 is 0 Å². The number of amides is 1. The first kappa shape index (κ1) is 12.8. The Morgan fingerprint density at radius 3 is 2.67 bits per heavy atom. The first-order valence-electron chi connectivity index (χ1n) is 7.65. The molecule has 4 heterocycles. The second-order valence-electron chi connectivity index (χ2n) is 6.39. The summed E-state index contributed by atoms with van der Waals surface area (Å²) in [5.74, 6) is 0.640. The van der Waals surface area contributed by atoms with Crippen molar-refractivity contribution in [3.05, 3.63) is 29.3 Å². The van der Waals surface area contributed by atoms with Crippen LogP contribution in [0.1, 0.15) is 28.8 Å². The monoisotopic (exact) mass is 284 g/mol. The van der Waals surface area contributed by atoms with Crippen LogP contribution in [0.25, 0.3) is 0 Å². The van der Waals surface area contributed by atoms with E-state index < -0.39 is 0 Å². The van der Waals surface area contributed by atoms with Crippen LogP contribution < -0.4 is 5.73 Å². The molecule has 0 spiro atoms. The van der Waals surface area contributed by atoms with Gasteiger partial charge in [-0.1, -0.05) is 6.07 Å². The summed E-state index contributed by atoms with van der Waals surface area (Å²) in [5, 5.41) is 8.30. The van der Waals surface area contributed by atoms with Crippen LogP contribution in [0.15, 0.2) is 18.2 Å². The number of carbonyl (C=O) groups excluding carboxylic acids is 1. The molecule has 0 aromatic heterocycles. The van der Waals surface area contributed by atoms with Crippen LogP contribution in [0.5, 0.6) is 0 Å². The van der Waals surface area contributed by atoms with Crippen molar-refractivity contribution in [1.29, 1.82) is 5.41 Å². The maximum atomic E-state index is 12.8. The Morgan fingerprint density at radius 2 is 2.00 bits per heavy atom. The zero-order chi connectivity index (χ0) is 14.6. The maximum Gasteiger partial charge on any atom is 0.255 e. The number of benzene rings is 1. The van der Waals surface area contributed by atoms with Gasteiger partial charge in [0.25, 0.3) is 5.91 Å². The summed E-state index contributed by atoms with van der Waals surface area (Å²) in [6.45, 7) is 3.67. The number of rotatable bonds is 1. The Morgan fingerprint density at radius 1 is 1.24 bits per heavy atom. The van der Waals surface area contributed by atoms with Crippen LogP contribution in [-0.2, 0) is 0 Å². The summed E-state index contributed by atoms with van der Waals surface area (Å²) in [4.78, 5) is 17.2. The van der Waals surface area contributed by atoms with E-state index in [1.807, 2.05) is 4.90 Å². The number of nitrogens with one attached hydrogen (secondary N) is 1. The first-order chi connectivity index (χ1) is 10.1. The zero-order valence-corrected chi connectivity index (χ0v) is 12.0. The number of hydrogen-bond donors (Lipinski definition) is 2. The summed E-state index contributed by atoms with van der Waals surface area (Å²) in [5.41, 5.74) is 8.21. The van der Waals surface area contributed by atoms with Gasteiger partial charge in [-0.2, -0.15) is 0 Å². The van der Waals surface area contributed by atoms with Gasteiger partial charge in [0.2, 0.25) is 0 Å². The zero-order valence-electron chi connectivity index (χ0n) is 12.0. The van der Waals surface area contributed by atoms with Crippen LogP contribution in [0.2, 0.25) is 0 Å². The van der Waals surface area contributed by atoms with Gasteiger partial charge in [-0.3, -0.25) is 4.79 Å². The Kier molecular flexibility index (Phi) is 2.79. The summed E-state index contributed by atoms with van der Waals surface area (Å²) in [7, 11) is 0. The first-order valence-corrected chi connectivity index (χ1v) is 7.65. The summed E-state index contributed by atoms with van der Waals surface area (Å²) >= 11 is 0. The number of piperidine rings is 3. The van der Waals surface area contributed by atoms with Crippen molar-refractivity contribution in [2.75, 3.05) is 31.9 Å². The normalized spacial score (nSPS) is 31.4. The molecule has 3 fully saturated rings. The molecular weight excluding hydrogens is 264 g/mol. The summed E-state index contributed by atoms with van der Waals surface area (Å²) in [6.07, 6.45) is 2.34. The average molecular weight is 284 g/mol. The smallest absolute Gasteiger partial charge is 0.255 e. The molecule has 1 unspecified atom stereocenters. The van der Waals surface area contributed by atoms with Crippen LogP contribution in [0.3, 0.4) is 0 Å². The average Bonchev–Trinajstić information content (AvgIpc) is 2.52. The molecule has 2 bridgehead atoms. The lowest BCUT2D eigenvalue weighted by Gasteiger charge is -2.50. The van der Waals surface area contributed by atoms with E-state index in [1.54, 1.807) is 18.2 Å². The summed E-state index contributed by atoms with van der Waals surface area (Å²) in [6, 6.07) is 5.63. The lowest BCUT2D eigenvalue weighted by molar-refractivity contribution is 0.0118. The van der Waals surface area contributed by atoms with E-state index in [0.717, 1.165) is 19.6 Å². The van der Waals surface area contributed by atoms with Gasteiger partial charge in [-0.15, -0.1) is 0 Å². The lowest BCUT2D eigenvalue weighted by atomic mass is 9.81. The molecule has 3 saturated heterocycles. The third-order valence-electron chi connectivity index (χ3n) is 5.24. The van der Waals surface area contributed by atoms with Gasteiger partial charge < -0.3 is 20.9 Å². The number of fused-ring (bicyclic) bond motifs is 4. The molecule has 1 amide bonds. The van der Waals surface area contributed by atoms with Crippen molar-refractivity contribution in [2.45, 2.75) is 18.9 Å². The topological polar surface area (TPSA) is 73.4 Å². The standard InChI is InChI=1S/C16H20N4O/c17-12-3-1-2-11-15(12)13(18)8-20(16(11)21)14-9-19-6-4-10(14)5-7-19/h1-3,10,14,18H,4-9,17H2. The third kappa shape index (κ3) is 1.87. The lowest BCUT2D eigenvalue weighted by Crippen LogP contribution is -2.60. The number of hydrogen-bond acceptors (Lipinski definition) is 4. The van der Waals surface area contributed by atoms with E-state index in [2.05, 4.69) is 4.90 Å². The molecule has 5 rings (SSSR count). The Bertz CT molecular complexity index is 619. The quantitative estimate of drug-likeness (QED) is 0.761. The summed E-state index contributed by atoms with van der Waals surface area (Å²) < 4.78 is 0. The molecule has 4 aliphatic rings. The molecule has 1 aromatic rings. The fraction of sp³-hybridized carbons (Fsp3) is 0.500. The van der Waals surface area contributed by atoms with Crippen LogP contribution >= 0.6 is 0 Å². The van der Waals surface area contributed by atoms with Crippen LogP contribution in [-0.4, -0.2) is 53.6 Å². The largest absolute Gasteiger partial charge is 0.398 e. The van der Waals surface area contributed by atoms with Crippen molar-refractivity contribution in [1.82, 2.24) is 9.80 Å². The molecule has 0 saturated carbocycles. The van der Waals surface area contributed by atoms with E-state index in [4.69, 9.17) is 11.1 Å². The van der Waals surface area contributed by atoms with Crippen LogP contribution in [0, 0.1) is 11.3 Å². The van der Waals surface area contributed by atoms with Crippen molar-refractivity contribution < 1.29 is 4.79 Å². The Labute approximate surface area is 124 Å². The van der Waals surface area contributed by atoms with Gasteiger partial charge in [-0.25, -0.2) is 0 Å². The minimum absolute atomic E-state index is 0.0482. The predicted molar refractivity (Wildman–Crippen MR) is 81.7 cm³/mol. The molecule has 5 heteroatoms. The Balaban J connectivity index is 1.70. The van der Waals surface area contributed by atoms with Gasteiger partial charge in [0.1, 0.15) is 0 Å². The molecule has 4 aliphatic heterocycles. The van der Waals surface area contributed by atoms with E-state index in [-0.39, 0.29) is 11.9 Å². The van der Waals surface area contributed by atoms with Gasteiger partial charge in [-0.05, 0) is 44.0 Å². The fourth-order valence-electron chi connectivity index (χ4n) is 4.12. The number of anilines is 1. The number of nitrogens with zero attached hydrogens (tertiary/aromatic N) is 2. The molecule has 1 atom stereocenters. The second-order valence-corrected chi connectivity index (χ2v) is 6.39. The molecular formula is C16H20N4O. The second kappa shape index (κ2) is 4.56. The molecule has 110 valence electrons. The van der Waals surface area contributed by atoms with Crippen molar-refractivity contribution in [2.24, 2.45) is 5.92 Å². The fourth-order valence-corrected chi connectivity index (χ4v) is 4.12. The molecule has 5 nitrogen and oxygen atoms in total. The molecule has 1 aromatic carbocycles. The minimum atomic E-state index is 0.0482. The highest BCUT2D eigenvalue weighted by molar-refractivity contribution is 6.17. The van der Waals surface area contributed by atoms with E-state index in [0.29, 0.717) is 35.0 Å². The highest BCUT2D eigenvalue weighted by Crippen LogP contribution is 2.34. The van der Waals surface area contributed by atoms with E-state index in [1.165, 1.54) is 12.8 Å². The van der Waals surface area contributed by atoms with Gasteiger partial charge in [0.15, 0.2) is 0 Å². The van der Waals surface area contributed by atoms with Crippen molar-refractivity contribution >= 4 is 17.3 Å². The predicted octanol–water partition coefficient (Wildman–Crippen LogP) is 1.19. The van der Waals surface area contributed by atoms with Crippen molar-refractivity contribution in [3.8, 4) is 0 Å². The molecule has 0 radical (unpaired) electrons. The van der Waals surface area contributed by atoms with E-state index in [9.17, 15) is 4.79 Å². The van der Waals surface area contributed by atoms with E-state index >= 15 is 0 Å². The Hall–Kier alpha value is -1.88. The maximum absolute atomic E-state index is 12.8. The minimum Gasteiger partial charge on any atom is -0.398 e. The van der Waals surface area contributed by atoms with Gasteiger partial charge in [0, 0.05) is 23.8 Å². The third-order valence-corrected chi connectivity index (χ3v) is 5.24. The molecule has 0 aliphatic carbocycles. The number of nitrogens with two attached hydrogens (primary N) is 1. The number of carbonyl (C=O) groups is 1. The van der Waals surface area contributed by atoms with Crippen LogP contribution in [0.4, 0.5) is 5.69 Å². The molecule has 21 heavy (non-hydrogen) atoms. The highest BCUT2D eigenvalue weighted by atomic mass is 16.2. The number of nitrogen functional groups attached to an aromatic ring is 1.